The van der Waals surface area contributed by atoms with E-state index in [4.69, 9.17) is 0 Å². The number of aromatic amines is 1. The molecule has 9 nitrogen and oxygen atoms in total. The number of allylic oxidation sites excluding steroid dienone is 2. The van der Waals surface area contributed by atoms with Gasteiger partial charge in [-0.05, 0) is 43.2 Å². The first kappa shape index (κ1) is 24.0. The Morgan fingerprint density at radius 3 is 2.39 bits per heavy atom. The van der Waals surface area contributed by atoms with Gasteiger partial charge in [0.15, 0.2) is 6.29 Å². The minimum Gasteiger partial charge on any atom is -0.383 e. The molecule has 1 saturated heterocycles. The first-order valence-electron chi connectivity index (χ1n) is 9.52. The van der Waals surface area contributed by atoms with Gasteiger partial charge in [-0.2, -0.15) is 4.31 Å². The lowest BCUT2D eigenvalue weighted by Crippen LogP contribution is -2.42. The molecule has 0 bridgehead atoms. The molecule has 0 spiro atoms. The van der Waals surface area contributed by atoms with E-state index in [0.717, 1.165) is 17.4 Å². The minimum atomic E-state index is -3.46. The highest BCUT2D eigenvalue weighted by molar-refractivity contribution is 7.89. The fraction of sp³-hybridized carbons (Fsp3) is 0.286. The van der Waals surface area contributed by atoms with E-state index in [2.05, 4.69) is 10.3 Å². The van der Waals surface area contributed by atoms with E-state index in [1.807, 2.05) is 27.1 Å². The Kier molecular flexibility index (Phi) is 8.29. The monoisotopic (exact) mass is 446 g/mol. The lowest BCUT2D eigenvalue weighted by Gasteiger charge is -2.29. The number of hydrogen-bond donors (Lipinski definition) is 2. The van der Waals surface area contributed by atoms with E-state index in [-0.39, 0.29) is 4.90 Å². The van der Waals surface area contributed by atoms with Gasteiger partial charge in [0.05, 0.1) is 11.2 Å². The summed E-state index contributed by atoms with van der Waals surface area (Å²) in [5, 5.41) is 3.13. The molecule has 0 saturated carbocycles. The number of hydrogen-bond acceptors (Lipinski definition) is 6. The second-order valence-corrected chi connectivity index (χ2v) is 9.03. The highest BCUT2D eigenvalue weighted by Gasteiger charge is 2.31. The second-order valence-electron chi connectivity index (χ2n) is 7.13. The summed E-state index contributed by atoms with van der Waals surface area (Å²) in [6, 6.07) is 5.19. The summed E-state index contributed by atoms with van der Waals surface area (Å²) in [5.41, 5.74) is 2.23. The van der Waals surface area contributed by atoms with Gasteiger partial charge in [0.1, 0.15) is 11.2 Å². The van der Waals surface area contributed by atoms with Crippen molar-refractivity contribution in [1.29, 1.82) is 0 Å². The molecule has 1 aromatic heterocycles. The molecule has 1 aliphatic heterocycles. The summed E-state index contributed by atoms with van der Waals surface area (Å²) in [4.78, 5) is 35.8. The second kappa shape index (κ2) is 10.7. The molecule has 166 valence electrons. The number of sulfonamides is 1. The molecular weight excluding hydrogens is 420 g/mol. The highest BCUT2D eigenvalue weighted by Crippen LogP contribution is 2.29. The number of amides is 1. The Bertz CT molecular complexity index is 1110. The molecule has 31 heavy (non-hydrogen) atoms. The first-order chi connectivity index (χ1) is 14.7. The lowest BCUT2D eigenvalue weighted by atomic mass is 10.2. The molecular formula is C21H26N4O5S. The molecule has 3 rings (SSSR count). The van der Waals surface area contributed by atoms with Crippen LogP contribution in [0.2, 0.25) is 0 Å². The van der Waals surface area contributed by atoms with Gasteiger partial charge in [-0.25, -0.2) is 8.42 Å². The summed E-state index contributed by atoms with van der Waals surface area (Å²) >= 11 is 0. The Labute approximate surface area is 181 Å². The fourth-order valence-corrected chi connectivity index (χ4v) is 4.61. The lowest BCUT2D eigenvalue weighted by molar-refractivity contribution is -0.108. The van der Waals surface area contributed by atoms with Crippen molar-refractivity contribution in [3.63, 3.8) is 0 Å². The van der Waals surface area contributed by atoms with Crippen LogP contribution in [-0.2, 0) is 19.6 Å². The average molecular weight is 447 g/mol. The van der Waals surface area contributed by atoms with Crippen LogP contribution < -0.4 is 5.32 Å². The van der Waals surface area contributed by atoms with Crippen LogP contribution in [0.1, 0.15) is 22.5 Å². The molecule has 0 aliphatic carbocycles. The van der Waals surface area contributed by atoms with Gasteiger partial charge in [0.25, 0.3) is 0 Å². The number of carbonyl (C=O) groups excluding carboxylic acids is 3. The van der Waals surface area contributed by atoms with Crippen LogP contribution in [0.15, 0.2) is 47.1 Å². The van der Waals surface area contributed by atoms with Crippen LogP contribution in [0.4, 0.5) is 0 Å². The van der Waals surface area contributed by atoms with Crippen molar-refractivity contribution in [2.75, 3.05) is 27.2 Å². The summed E-state index contributed by atoms with van der Waals surface area (Å²) < 4.78 is 26.5. The maximum atomic E-state index is 12.5. The topological polar surface area (TPSA) is 120 Å². The van der Waals surface area contributed by atoms with Crippen LogP contribution in [0.3, 0.4) is 0 Å². The number of aldehydes is 2. The third kappa shape index (κ3) is 6.12. The minimum absolute atomic E-state index is 0.260. The normalized spacial score (nSPS) is 14.5. The van der Waals surface area contributed by atoms with Crippen molar-refractivity contribution in [1.82, 2.24) is 19.5 Å². The van der Waals surface area contributed by atoms with Crippen molar-refractivity contribution in [2.45, 2.75) is 18.2 Å². The molecule has 0 unspecified atom stereocenters. The Balaban J connectivity index is 0.000000248. The number of H-pyrrole nitrogens is 1. The van der Waals surface area contributed by atoms with Gasteiger partial charge < -0.3 is 15.2 Å². The largest absolute Gasteiger partial charge is 0.383 e. The molecule has 10 heteroatoms. The van der Waals surface area contributed by atoms with E-state index < -0.39 is 10.0 Å². The van der Waals surface area contributed by atoms with Crippen LogP contribution in [0, 0.1) is 6.92 Å². The fourth-order valence-electron chi connectivity index (χ4n) is 2.83. The number of nitrogens with zero attached hydrogens (tertiary/aromatic N) is 2. The Hall–Kier alpha value is -3.24. The Morgan fingerprint density at radius 1 is 1.16 bits per heavy atom. The van der Waals surface area contributed by atoms with Gasteiger partial charge in [0, 0.05) is 50.5 Å². The zero-order valence-electron chi connectivity index (χ0n) is 17.7. The smallest absolute Gasteiger partial charge is 0.245 e. The van der Waals surface area contributed by atoms with Crippen molar-refractivity contribution in [2.24, 2.45) is 0 Å². The molecule has 0 atom stereocenters. The molecule has 2 N–H and O–H groups in total. The van der Waals surface area contributed by atoms with E-state index in [1.54, 1.807) is 29.3 Å². The van der Waals surface area contributed by atoms with E-state index in [1.165, 1.54) is 10.4 Å². The van der Waals surface area contributed by atoms with Gasteiger partial charge in [0.2, 0.25) is 16.4 Å². The standard InChI is InChI=1S/C13H14N2O3S.C8H12N2O2/c1-9-5-10-7-11(8-16)14-13(10)12(6-9)19(17,18)15-3-2-4-15;1-10(2)5-3-8(4-6-11)9-7-12/h5-8,14H,2-4H2,1H3;3-7H,1-2H3,(H,9,12)/b;5-3-,8-4+. The van der Waals surface area contributed by atoms with Gasteiger partial charge in [-0.15, -0.1) is 0 Å². The quantitative estimate of drug-likeness (QED) is 0.361. The maximum absolute atomic E-state index is 12.5. The zero-order chi connectivity index (χ0) is 23.0. The number of aromatic nitrogens is 1. The molecule has 1 amide bonds. The number of carbonyl (C=O) groups is 3. The van der Waals surface area contributed by atoms with Gasteiger partial charge in [-0.1, -0.05) is 0 Å². The third-order valence-electron chi connectivity index (χ3n) is 4.44. The van der Waals surface area contributed by atoms with E-state index in [9.17, 15) is 22.8 Å². The van der Waals surface area contributed by atoms with E-state index in [0.29, 0.717) is 49.0 Å². The van der Waals surface area contributed by atoms with Crippen molar-refractivity contribution in [3.8, 4) is 0 Å². The summed E-state index contributed by atoms with van der Waals surface area (Å²) in [6.07, 6.45) is 7.36. The summed E-state index contributed by atoms with van der Waals surface area (Å²) in [6.45, 7) is 2.99. The van der Waals surface area contributed by atoms with Crippen LogP contribution in [-0.4, -0.2) is 68.8 Å². The number of rotatable bonds is 8. The molecule has 0 radical (unpaired) electrons. The van der Waals surface area contributed by atoms with Gasteiger partial charge >= 0.3 is 0 Å². The molecule has 1 aromatic carbocycles. The van der Waals surface area contributed by atoms with Crippen LogP contribution in [0.5, 0.6) is 0 Å². The number of benzene rings is 1. The molecule has 2 heterocycles. The van der Waals surface area contributed by atoms with Crippen molar-refractivity contribution in [3.05, 3.63) is 53.5 Å². The maximum Gasteiger partial charge on any atom is 0.245 e. The number of nitrogens with one attached hydrogen (secondary N) is 2. The summed E-state index contributed by atoms with van der Waals surface area (Å²) in [7, 11) is 0.226. The molecule has 1 aliphatic rings. The van der Waals surface area contributed by atoms with Crippen molar-refractivity contribution >= 4 is 39.9 Å². The third-order valence-corrected chi connectivity index (χ3v) is 6.37. The molecule has 1 fully saturated rings. The average Bonchev–Trinajstić information content (AvgIpc) is 3.07. The van der Waals surface area contributed by atoms with Crippen LogP contribution in [0.25, 0.3) is 10.9 Å². The number of fused-ring (bicyclic) bond motifs is 1. The Morgan fingerprint density at radius 2 is 1.87 bits per heavy atom. The molecule has 2 aromatic rings. The van der Waals surface area contributed by atoms with Gasteiger partial charge in [-0.3, -0.25) is 14.4 Å². The SMILES string of the molecule is CN(C)/C=C\C(=C/C=O)NC=O.Cc1cc(S(=O)(=O)N2CCC2)c2[nH]c(C=O)cc2c1. The zero-order valence-corrected chi connectivity index (χ0v) is 18.5. The summed E-state index contributed by atoms with van der Waals surface area (Å²) in [5.74, 6) is 0. The van der Waals surface area contributed by atoms with Crippen molar-refractivity contribution < 1.29 is 22.8 Å². The van der Waals surface area contributed by atoms with Crippen LogP contribution >= 0.6 is 0 Å². The predicted octanol–water partition coefficient (Wildman–Crippen LogP) is 1.57. The number of aryl methyl sites for hydroxylation is 1. The highest BCUT2D eigenvalue weighted by atomic mass is 32.2. The predicted molar refractivity (Wildman–Crippen MR) is 118 cm³/mol. The van der Waals surface area contributed by atoms with E-state index >= 15 is 0 Å². The first-order valence-corrected chi connectivity index (χ1v) is 11.0.